The lowest BCUT2D eigenvalue weighted by Crippen LogP contribution is -2.56. The fraction of sp³-hybridized carbons (Fsp3) is 0.577. The topological polar surface area (TPSA) is 72.8 Å². The number of likely N-dealkylation sites (N-methyl/N-ethyl adjacent to an activating group) is 1. The molecule has 2 atom stereocenters. The highest BCUT2D eigenvalue weighted by Crippen LogP contribution is 2.35. The van der Waals surface area contributed by atoms with Gasteiger partial charge in [0.05, 0.1) is 18.2 Å². The zero-order valence-electron chi connectivity index (χ0n) is 21.3. The zero-order chi connectivity index (χ0) is 24.5. The zero-order valence-corrected chi connectivity index (χ0v) is 21.3. The molecule has 1 aromatic carbocycles. The molecule has 8 nitrogen and oxygen atoms in total. The minimum atomic E-state index is -0.413. The molecule has 0 aromatic heterocycles. The molecule has 2 unspecified atom stereocenters. The first-order chi connectivity index (χ1) is 16.2. The molecule has 3 heterocycles. The Morgan fingerprint density at radius 1 is 1.21 bits per heavy atom. The molecule has 1 N–H and O–H groups in total. The molecule has 0 fully saturated rings. The number of carbonyl (C=O) groups is 1. The van der Waals surface area contributed by atoms with E-state index in [1.807, 2.05) is 24.9 Å². The van der Waals surface area contributed by atoms with Crippen LogP contribution < -0.4 is 10.1 Å². The Morgan fingerprint density at radius 2 is 2.00 bits per heavy atom. The van der Waals surface area contributed by atoms with Crippen molar-refractivity contribution in [1.82, 2.24) is 20.1 Å². The maximum Gasteiger partial charge on any atom is 0.252 e. The second-order valence-corrected chi connectivity index (χ2v) is 10.1. The first-order valence-electron chi connectivity index (χ1n) is 12.4. The summed E-state index contributed by atoms with van der Waals surface area (Å²) < 4.78 is 5.93. The standard InChI is InChI=1S/C26H38N6O2/c1-7-11-26(4,5)25-27-18(3)22-24(33)28-23(29-32(22)25)20-16-19(9-10-21(20)34-8-2)17-31-14-12-30(6)13-15-31/h9-10,12,14,16,18,22H,7-8,11,13,15,17H2,1-6H3,(H,28,29,33). The van der Waals surface area contributed by atoms with Crippen LogP contribution in [0, 0.1) is 5.41 Å². The molecule has 0 aliphatic carbocycles. The van der Waals surface area contributed by atoms with Gasteiger partial charge in [-0.3, -0.25) is 9.79 Å². The van der Waals surface area contributed by atoms with Gasteiger partial charge in [0.2, 0.25) is 0 Å². The second kappa shape index (κ2) is 9.68. The molecule has 1 amide bonds. The third kappa shape index (κ3) is 4.76. The largest absolute Gasteiger partial charge is 0.493 e. The van der Waals surface area contributed by atoms with Crippen molar-refractivity contribution in [1.29, 1.82) is 0 Å². The highest BCUT2D eigenvalue weighted by atomic mass is 16.5. The lowest BCUT2D eigenvalue weighted by atomic mass is 9.86. The maximum absolute atomic E-state index is 13.2. The van der Waals surface area contributed by atoms with E-state index in [0.29, 0.717) is 12.4 Å². The quantitative estimate of drug-likeness (QED) is 0.636. The normalized spacial score (nSPS) is 22.4. The minimum Gasteiger partial charge on any atom is -0.493 e. The molecule has 184 valence electrons. The van der Waals surface area contributed by atoms with Gasteiger partial charge in [-0.25, -0.2) is 5.01 Å². The van der Waals surface area contributed by atoms with E-state index in [1.54, 1.807) is 0 Å². The second-order valence-electron chi connectivity index (χ2n) is 10.1. The van der Waals surface area contributed by atoms with Gasteiger partial charge < -0.3 is 19.9 Å². The summed E-state index contributed by atoms with van der Waals surface area (Å²) in [7, 11) is 2.08. The van der Waals surface area contributed by atoms with E-state index in [4.69, 9.17) is 14.8 Å². The van der Waals surface area contributed by atoms with Crippen molar-refractivity contribution < 1.29 is 9.53 Å². The molecule has 0 spiro atoms. The van der Waals surface area contributed by atoms with Gasteiger partial charge in [-0.05, 0) is 38.0 Å². The number of hydrogen-bond donors (Lipinski definition) is 1. The van der Waals surface area contributed by atoms with Crippen LogP contribution in [0.15, 0.2) is 40.7 Å². The molecule has 0 radical (unpaired) electrons. The molecule has 3 aliphatic rings. The third-order valence-electron chi connectivity index (χ3n) is 6.72. The fourth-order valence-corrected chi connectivity index (χ4v) is 4.92. The van der Waals surface area contributed by atoms with Crippen molar-refractivity contribution in [2.24, 2.45) is 15.5 Å². The van der Waals surface area contributed by atoms with E-state index in [1.165, 1.54) is 0 Å². The van der Waals surface area contributed by atoms with Gasteiger partial charge in [-0.1, -0.05) is 33.3 Å². The Bertz CT molecular complexity index is 1010. The van der Waals surface area contributed by atoms with Crippen LogP contribution in [0.1, 0.15) is 58.6 Å². The molecular weight excluding hydrogens is 428 g/mol. The van der Waals surface area contributed by atoms with E-state index in [0.717, 1.165) is 55.2 Å². The van der Waals surface area contributed by atoms with Crippen molar-refractivity contribution >= 4 is 17.6 Å². The number of nitrogens with zero attached hydrogens (tertiary/aromatic N) is 5. The van der Waals surface area contributed by atoms with Gasteiger partial charge in [0.1, 0.15) is 11.6 Å². The average Bonchev–Trinajstić information content (AvgIpc) is 3.14. The number of ether oxygens (including phenoxy) is 1. The number of amidine groups is 2. The smallest absolute Gasteiger partial charge is 0.252 e. The summed E-state index contributed by atoms with van der Waals surface area (Å²) in [6, 6.07) is 5.60. The first kappa shape index (κ1) is 24.1. The Labute approximate surface area is 203 Å². The summed E-state index contributed by atoms with van der Waals surface area (Å²) in [5.41, 5.74) is 1.78. The Hall–Kier alpha value is -3.03. The molecule has 4 rings (SSSR count). The fourth-order valence-electron chi connectivity index (χ4n) is 4.92. The number of rotatable bonds is 8. The Kier molecular flexibility index (Phi) is 6.86. The van der Waals surface area contributed by atoms with Crippen LogP contribution in [0.3, 0.4) is 0 Å². The lowest BCUT2D eigenvalue weighted by molar-refractivity contribution is -0.124. The highest BCUT2D eigenvalue weighted by molar-refractivity contribution is 6.14. The molecule has 0 saturated carbocycles. The minimum absolute atomic E-state index is 0.0709. The van der Waals surface area contributed by atoms with E-state index in [9.17, 15) is 4.79 Å². The van der Waals surface area contributed by atoms with Crippen molar-refractivity contribution in [2.75, 3.05) is 26.7 Å². The van der Waals surface area contributed by atoms with Crippen molar-refractivity contribution in [2.45, 2.75) is 66.1 Å². The number of aliphatic imine (C=N–C) groups is 1. The Morgan fingerprint density at radius 3 is 2.68 bits per heavy atom. The van der Waals surface area contributed by atoms with Crippen LogP contribution in [0.4, 0.5) is 0 Å². The van der Waals surface area contributed by atoms with Crippen LogP contribution in [0.2, 0.25) is 0 Å². The average molecular weight is 467 g/mol. The van der Waals surface area contributed by atoms with Crippen LogP contribution in [0.25, 0.3) is 0 Å². The molecule has 0 saturated heterocycles. The van der Waals surface area contributed by atoms with Crippen molar-refractivity contribution in [3.63, 3.8) is 0 Å². The van der Waals surface area contributed by atoms with E-state index in [2.05, 4.69) is 67.5 Å². The summed E-state index contributed by atoms with van der Waals surface area (Å²) >= 11 is 0. The predicted molar refractivity (Wildman–Crippen MR) is 136 cm³/mol. The molecular formula is C26H38N6O2. The van der Waals surface area contributed by atoms with Crippen molar-refractivity contribution in [3.05, 3.63) is 41.7 Å². The monoisotopic (exact) mass is 466 g/mol. The molecule has 34 heavy (non-hydrogen) atoms. The summed E-state index contributed by atoms with van der Waals surface area (Å²) in [6.07, 6.45) is 6.23. The van der Waals surface area contributed by atoms with Crippen LogP contribution >= 0.6 is 0 Å². The number of fused-ring (bicyclic) bond motifs is 1. The SMILES string of the molecule is CCCC(C)(C)C1=NC(C)C2C(=O)NC(c3cc(CN4C=CN(C)CC4)ccc3OCC)=NN12. The molecule has 1 aromatic rings. The number of amides is 1. The number of nitrogens with one attached hydrogen (secondary N) is 1. The Balaban J connectivity index is 1.69. The summed E-state index contributed by atoms with van der Waals surface area (Å²) in [5, 5.41) is 9.88. The summed E-state index contributed by atoms with van der Waals surface area (Å²) in [5.74, 6) is 2.06. The van der Waals surface area contributed by atoms with E-state index >= 15 is 0 Å². The van der Waals surface area contributed by atoms with Gasteiger partial charge in [-0.2, -0.15) is 5.10 Å². The van der Waals surface area contributed by atoms with Crippen LogP contribution in [0.5, 0.6) is 5.75 Å². The summed E-state index contributed by atoms with van der Waals surface area (Å²) in [6.45, 7) is 13.8. The van der Waals surface area contributed by atoms with Gasteiger partial charge in [0, 0.05) is 44.5 Å². The van der Waals surface area contributed by atoms with Crippen LogP contribution in [-0.2, 0) is 11.3 Å². The molecule has 0 bridgehead atoms. The number of carbonyl (C=O) groups excluding carboxylic acids is 1. The number of hydrogen-bond acceptors (Lipinski definition) is 7. The van der Waals surface area contributed by atoms with Crippen LogP contribution in [-0.4, -0.2) is 71.2 Å². The maximum atomic E-state index is 13.2. The van der Waals surface area contributed by atoms with E-state index in [-0.39, 0.29) is 17.4 Å². The number of benzene rings is 1. The third-order valence-corrected chi connectivity index (χ3v) is 6.72. The lowest BCUT2D eigenvalue weighted by Gasteiger charge is -2.35. The van der Waals surface area contributed by atoms with Gasteiger partial charge >= 0.3 is 0 Å². The van der Waals surface area contributed by atoms with Gasteiger partial charge in [0.25, 0.3) is 5.91 Å². The molecule has 8 heteroatoms. The highest BCUT2D eigenvalue weighted by Gasteiger charge is 2.47. The molecule has 3 aliphatic heterocycles. The van der Waals surface area contributed by atoms with Gasteiger partial charge in [-0.15, -0.1) is 0 Å². The van der Waals surface area contributed by atoms with E-state index < -0.39 is 6.04 Å². The predicted octanol–water partition coefficient (Wildman–Crippen LogP) is 3.39. The first-order valence-corrected chi connectivity index (χ1v) is 12.4. The summed E-state index contributed by atoms with van der Waals surface area (Å²) in [4.78, 5) is 22.6. The van der Waals surface area contributed by atoms with Crippen molar-refractivity contribution in [3.8, 4) is 5.75 Å². The van der Waals surface area contributed by atoms with Gasteiger partial charge in [0.15, 0.2) is 11.9 Å². The number of hydrazone groups is 1.